The van der Waals surface area contributed by atoms with Crippen molar-refractivity contribution in [3.63, 3.8) is 0 Å². The van der Waals surface area contributed by atoms with Crippen LogP contribution >= 0.6 is 0 Å². The molecule has 0 atom stereocenters. The van der Waals surface area contributed by atoms with E-state index >= 15 is 0 Å². The molecule has 0 spiro atoms. The lowest BCUT2D eigenvalue weighted by Crippen LogP contribution is -2.26. The molecule has 2 aliphatic rings. The van der Waals surface area contributed by atoms with Crippen LogP contribution in [0.4, 0.5) is 0 Å². The molecule has 0 bridgehead atoms. The van der Waals surface area contributed by atoms with E-state index in [1.54, 1.807) is 0 Å². The van der Waals surface area contributed by atoms with Crippen molar-refractivity contribution in [2.24, 2.45) is 11.8 Å². The van der Waals surface area contributed by atoms with Crippen LogP contribution in [-0.2, 0) is 6.54 Å². The first-order valence-corrected chi connectivity index (χ1v) is 8.08. The van der Waals surface area contributed by atoms with Crippen molar-refractivity contribution < 1.29 is 0 Å². The van der Waals surface area contributed by atoms with Crippen LogP contribution in [0, 0.1) is 11.8 Å². The zero-order chi connectivity index (χ0) is 13.1. The first-order chi connectivity index (χ1) is 9.36. The maximum absolute atomic E-state index is 4.29. The van der Waals surface area contributed by atoms with Crippen molar-refractivity contribution >= 4 is 0 Å². The second kappa shape index (κ2) is 6.08. The van der Waals surface area contributed by atoms with Gasteiger partial charge in [0, 0.05) is 18.8 Å². The van der Waals surface area contributed by atoms with Gasteiger partial charge < -0.3 is 9.88 Å². The summed E-state index contributed by atoms with van der Waals surface area (Å²) in [7, 11) is 0. The molecule has 106 valence electrons. The fraction of sp³-hybridized carbons (Fsp3) is 0.812. The van der Waals surface area contributed by atoms with Gasteiger partial charge in [-0.3, -0.25) is 0 Å². The topological polar surface area (TPSA) is 29.9 Å². The Balaban J connectivity index is 1.40. The molecule has 2 fully saturated rings. The van der Waals surface area contributed by atoms with E-state index in [0.717, 1.165) is 24.4 Å². The van der Waals surface area contributed by atoms with Crippen LogP contribution in [0.25, 0.3) is 0 Å². The molecule has 0 aromatic carbocycles. The number of rotatable bonds is 6. The molecule has 2 saturated carbocycles. The SMILES string of the molecule is CCC1CCC(CNCc2cncn2C2CC2)CC1. The Morgan fingerprint density at radius 1 is 1.16 bits per heavy atom. The molecule has 1 aromatic heterocycles. The highest BCUT2D eigenvalue weighted by Gasteiger charge is 2.25. The molecule has 2 aliphatic carbocycles. The zero-order valence-electron chi connectivity index (χ0n) is 12.1. The monoisotopic (exact) mass is 261 g/mol. The fourth-order valence-corrected chi connectivity index (χ4v) is 3.40. The van der Waals surface area contributed by atoms with Gasteiger partial charge in [0.1, 0.15) is 0 Å². The van der Waals surface area contributed by atoms with Crippen molar-refractivity contribution in [2.75, 3.05) is 6.54 Å². The lowest BCUT2D eigenvalue weighted by molar-refractivity contribution is 0.262. The summed E-state index contributed by atoms with van der Waals surface area (Å²) in [5.74, 6) is 1.91. The Bertz CT molecular complexity index is 386. The van der Waals surface area contributed by atoms with E-state index in [1.807, 2.05) is 12.5 Å². The van der Waals surface area contributed by atoms with Gasteiger partial charge in [0.2, 0.25) is 0 Å². The van der Waals surface area contributed by atoms with Crippen LogP contribution in [-0.4, -0.2) is 16.1 Å². The predicted octanol–water partition coefficient (Wildman–Crippen LogP) is 3.52. The highest BCUT2D eigenvalue weighted by atomic mass is 15.1. The third kappa shape index (κ3) is 3.38. The molecule has 1 N–H and O–H groups in total. The average Bonchev–Trinajstić information content (AvgIpc) is 3.19. The molecule has 3 rings (SSSR count). The molecule has 19 heavy (non-hydrogen) atoms. The van der Waals surface area contributed by atoms with E-state index in [0.29, 0.717) is 0 Å². The Labute approximate surface area is 116 Å². The van der Waals surface area contributed by atoms with Crippen molar-refractivity contribution in [1.82, 2.24) is 14.9 Å². The molecule has 1 heterocycles. The van der Waals surface area contributed by atoms with Gasteiger partial charge in [-0.1, -0.05) is 26.2 Å². The van der Waals surface area contributed by atoms with Crippen LogP contribution in [0.15, 0.2) is 12.5 Å². The number of nitrogens with one attached hydrogen (secondary N) is 1. The molecule has 0 saturated heterocycles. The number of hydrogen-bond acceptors (Lipinski definition) is 2. The second-order valence-corrected chi connectivity index (χ2v) is 6.45. The maximum Gasteiger partial charge on any atom is 0.0951 e. The van der Waals surface area contributed by atoms with Gasteiger partial charge in [-0.15, -0.1) is 0 Å². The Morgan fingerprint density at radius 2 is 1.89 bits per heavy atom. The van der Waals surface area contributed by atoms with Crippen molar-refractivity contribution in [3.8, 4) is 0 Å². The first-order valence-electron chi connectivity index (χ1n) is 8.08. The van der Waals surface area contributed by atoms with Gasteiger partial charge >= 0.3 is 0 Å². The van der Waals surface area contributed by atoms with E-state index in [2.05, 4.69) is 21.8 Å². The Kier molecular flexibility index (Phi) is 4.21. The summed E-state index contributed by atoms with van der Waals surface area (Å²) in [6.07, 6.45) is 13.8. The molecule has 0 amide bonds. The molecule has 0 unspecified atom stereocenters. The third-order valence-electron chi connectivity index (χ3n) is 4.97. The number of hydrogen-bond donors (Lipinski definition) is 1. The van der Waals surface area contributed by atoms with Gasteiger partial charge in [-0.25, -0.2) is 4.98 Å². The zero-order valence-corrected chi connectivity index (χ0v) is 12.1. The minimum atomic E-state index is 0.749. The van der Waals surface area contributed by atoms with E-state index in [9.17, 15) is 0 Å². The van der Waals surface area contributed by atoms with Gasteiger partial charge in [0.15, 0.2) is 0 Å². The summed E-state index contributed by atoms with van der Waals surface area (Å²) >= 11 is 0. The van der Waals surface area contributed by atoms with Gasteiger partial charge in [-0.2, -0.15) is 0 Å². The summed E-state index contributed by atoms with van der Waals surface area (Å²) in [6.45, 7) is 4.51. The van der Waals surface area contributed by atoms with Crippen LogP contribution in [0.5, 0.6) is 0 Å². The number of imidazole rings is 1. The molecule has 1 aromatic rings. The summed E-state index contributed by atoms with van der Waals surface area (Å²) in [4.78, 5) is 4.29. The van der Waals surface area contributed by atoms with Crippen molar-refractivity contribution in [2.45, 2.75) is 64.5 Å². The maximum atomic E-state index is 4.29. The Morgan fingerprint density at radius 3 is 2.58 bits per heavy atom. The van der Waals surface area contributed by atoms with Crippen molar-refractivity contribution in [1.29, 1.82) is 0 Å². The average molecular weight is 261 g/mol. The van der Waals surface area contributed by atoms with Crippen LogP contribution in [0.2, 0.25) is 0 Å². The molecule has 0 radical (unpaired) electrons. The molecular formula is C16H27N3. The number of nitrogens with zero attached hydrogens (tertiary/aromatic N) is 2. The lowest BCUT2D eigenvalue weighted by Gasteiger charge is -2.27. The molecular weight excluding hydrogens is 234 g/mol. The predicted molar refractivity (Wildman–Crippen MR) is 77.9 cm³/mol. The summed E-state index contributed by atoms with van der Waals surface area (Å²) in [5.41, 5.74) is 1.37. The highest BCUT2D eigenvalue weighted by molar-refractivity contribution is 5.03. The quantitative estimate of drug-likeness (QED) is 0.849. The standard InChI is InChI=1S/C16H27N3/c1-2-13-3-5-14(6-4-13)9-17-10-16-11-18-12-19(16)15-7-8-15/h11-15,17H,2-10H2,1H3. The largest absolute Gasteiger partial charge is 0.330 e. The van der Waals surface area contributed by atoms with E-state index in [4.69, 9.17) is 0 Å². The van der Waals surface area contributed by atoms with Crippen molar-refractivity contribution in [3.05, 3.63) is 18.2 Å². The second-order valence-electron chi connectivity index (χ2n) is 6.45. The third-order valence-corrected chi connectivity index (χ3v) is 4.97. The van der Waals surface area contributed by atoms with E-state index < -0.39 is 0 Å². The molecule has 3 heteroatoms. The normalized spacial score (nSPS) is 27.6. The summed E-state index contributed by atoms with van der Waals surface area (Å²) < 4.78 is 2.36. The smallest absolute Gasteiger partial charge is 0.0951 e. The van der Waals surface area contributed by atoms with E-state index in [1.165, 1.54) is 57.2 Å². The highest BCUT2D eigenvalue weighted by Crippen LogP contribution is 2.35. The minimum Gasteiger partial charge on any atom is -0.330 e. The van der Waals surface area contributed by atoms with Crippen LogP contribution in [0.3, 0.4) is 0 Å². The summed E-state index contributed by atoms with van der Waals surface area (Å²) in [6, 6.07) is 0.749. The number of aromatic nitrogens is 2. The van der Waals surface area contributed by atoms with Crippen LogP contribution in [0.1, 0.15) is 63.6 Å². The van der Waals surface area contributed by atoms with Gasteiger partial charge in [0.25, 0.3) is 0 Å². The first kappa shape index (κ1) is 13.2. The lowest BCUT2D eigenvalue weighted by atomic mass is 9.81. The Hall–Kier alpha value is -0.830. The van der Waals surface area contributed by atoms with Gasteiger partial charge in [-0.05, 0) is 44.1 Å². The summed E-state index contributed by atoms with van der Waals surface area (Å²) in [5, 5.41) is 3.65. The molecule has 0 aliphatic heterocycles. The minimum absolute atomic E-state index is 0.749. The van der Waals surface area contributed by atoms with Crippen LogP contribution < -0.4 is 5.32 Å². The van der Waals surface area contributed by atoms with E-state index in [-0.39, 0.29) is 0 Å². The van der Waals surface area contributed by atoms with Gasteiger partial charge in [0.05, 0.1) is 12.0 Å². The fourth-order valence-electron chi connectivity index (χ4n) is 3.40. The molecule has 3 nitrogen and oxygen atoms in total.